The van der Waals surface area contributed by atoms with Gasteiger partial charge < -0.3 is 4.90 Å². The Morgan fingerprint density at radius 3 is 2.56 bits per heavy atom. The highest BCUT2D eigenvalue weighted by Crippen LogP contribution is 2.35. The molecule has 0 radical (unpaired) electrons. The summed E-state index contributed by atoms with van der Waals surface area (Å²) >= 11 is 1.70. The second-order valence-electron chi connectivity index (χ2n) is 4.82. The number of hydrogen-bond donors (Lipinski definition) is 0. The minimum absolute atomic E-state index is 0.182. The standard InChI is InChI=1S/C13H19NOS/c1-8-7-12(10(3)16-8)13(15)14(4)9(2)11-5-6-11/h7,9,11H,5-6H2,1-4H3. The summed E-state index contributed by atoms with van der Waals surface area (Å²) in [6.45, 7) is 6.24. The van der Waals surface area contributed by atoms with Gasteiger partial charge in [-0.25, -0.2) is 0 Å². The van der Waals surface area contributed by atoms with Gasteiger partial charge in [-0.1, -0.05) is 0 Å². The molecule has 1 aromatic heterocycles. The Hall–Kier alpha value is -0.830. The Morgan fingerprint density at radius 2 is 2.12 bits per heavy atom. The lowest BCUT2D eigenvalue weighted by molar-refractivity contribution is 0.0727. The van der Waals surface area contributed by atoms with Crippen molar-refractivity contribution in [2.45, 2.75) is 39.7 Å². The van der Waals surface area contributed by atoms with Crippen LogP contribution < -0.4 is 0 Å². The van der Waals surface area contributed by atoms with Crippen molar-refractivity contribution >= 4 is 17.2 Å². The van der Waals surface area contributed by atoms with E-state index in [9.17, 15) is 4.79 Å². The van der Waals surface area contributed by atoms with E-state index in [2.05, 4.69) is 13.8 Å². The van der Waals surface area contributed by atoms with E-state index in [4.69, 9.17) is 0 Å². The first-order valence-corrected chi connectivity index (χ1v) is 6.66. The normalized spacial score (nSPS) is 17.2. The van der Waals surface area contributed by atoms with Crippen molar-refractivity contribution in [2.75, 3.05) is 7.05 Å². The summed E-state index contributed by atoms with van der Waals surface area (Å²) in [5.41, 5.74) is 0.887. The fraction of sp³-hybridized carbons (Fsp3) is 0.615. The lowest BCUT2D eigenvalue weighted by atomic mass is 10.1. The summed E-state index contributed by atoms with van der Waals surface area (Å²) in [6.07, 6.45) is 2.56. The molecule has 0 N–H and O–H groups in total. The van der Waals surface area contributed by atoms with E-state index in [1.165, 1.54) is 17.7 Å². The van der Waals surface area contributed by atoms with Gasteiger partial charge in [0.2, 0.25) is 0 Å². The number of nitrogens with zero attached hydrogens (tertiary/aromatic N) is 1. The SMILES string of the molecule is Cc1cc(C(=O)N(C)C(C)C2CC2)c(C)s1. The number of hydrogen-bond acceptors (Lipinski definition) is 2. The molecule has 2 nitrogen and oxygen atoms in total. The zero-order valence-electron chi connectivity index (χ0n) is 10.4. The second-order valence-corrected chi connectivity index (χ2v) is 6.28. The van der Waals surface area contributed by atoms with Gasteiger partial charge in [-0.05, 0) is 45.6 Å². The number of aryl methyl sites for hydroxylation is 2. The van der Waals surface area contributed by atoms with Crippen LogP contribution in [0.3, 0.4) is 0 Å². The molecule has 1 aliphatic carbocycles. The molecular formula is C13H19NOS. The molecule has 0 spiro atoms. The highest BCUT2D eigenvalue weighted by molar-refractivity contribution is 7.12. The molecule has 1 unspecified atom stereocenters. The molecule has 16 heavy (non-hydrogen) atoms. The molecule has 3 heteroatoms. The summed E-state index contributed by atoms with van der Waals surface area (Å²) in [5, 5.41) is 0. The summed E-state index contributed by atoms with van der Waals surface area (Å²) in [4.78, 5) is 16.5. The molecule has 1 fully saturated rings. The van der Waals surface area contributed by atoms with Crippen molar-refractivity contribution in [3.05, 3.63) is 21.4 Å². The molecule has 1 aromatic rings. The first-order valence-electron chi connectivity index (χ1n) is 5.85. The van der Waals surface area contributed by atoms with E-state index >= 15 is 0 Å². The van der Waals surface area contributed by atoms with Gasteiger partial charge in [-0.15, -0.1) is 11.3 Å². The summed E-state index contributed by atoms with van der Waals surface area (Å²) in [6, 6.07) is 2.39. The predicted molar refractivity (Wildman–Crippen MR) is 68.1 cm³/mol. The van der Waals surface area contributed by atoms with Gasteiger partial charge in [0.05, 0.1) is 5.56 Å². The summed E-state index contributed by atoms with van der Waals surface area (Å²) in [7, 11) is 1.93. The zero-order chi connectivity index (χ0) is 11.9. The fourth-order valence-corrected chi connectivity index (χ4v) is 3.03. The van der Waals surface area contributed by atoms with Crippen LogP contribution in [0.15, 0.2) is 6.07 Å². The van der Waals surface area contributed by atoms with Crippen molar-refractivity contribution in [3.8, 4) is 0 Å². The first kappa shape index (κ1) is 11.6. The Kier molecular flexibility index (Phi) is 3.06. The van der Waals surface area contributed by atoms with Gasteiger partial charge >= 0.3 is 0 Å². The Morgan fingerprint density at radius 1 is 1.50 bits per heavy atom. The maximum absolute atomic E-state index is 12.3. The van der Waals surface area contributed by atoms with Crippen molar-refractivity contribution in [1.29, 1.82) is 0 Å². The number of carbonyl (C=O) groups is 1. The Bertz CT molecular complexity index is 406. The van der Waals surface area contributed by atoms with Gasteiger partial charge in [0.1, 0.15) is 0 Å². The molecule has 1 atom stereocenters. The first-order chi connectivity index (χ1) is 7.50. The van der Waals surface area contributed by atoms with E-state index in [0.717, 1.165) is 16.4 Å². The summed E-state index contributed by atoms with van der Waals surface area (Å²) in [5.74, 6) is 0.912. The molecule has 0 aromatic carbocycles. The van der Waals surface area contributed by atoms with Crippen LogP contribution in [0, 0.1) is 19.8 Å². The highest BCUT2D eigenvalue weighted by Gasteiger charge is 2.33. The van der Waals surface area contributed by atoms with Gasteiger partial charge in [0.15, 0.2) is 0 Å². The average Bonchev–Trinajstić information content (AvgIpc) is 3.02. The van der Waals surface area contributed by atoms with E-state index in [1.54, 1.807) is 11.3 Å². The third-order valence-corrected chi connectivity index (χ3v) is 4.47. The van der Waals surface area contributed by atoms with Crippen LogP contribution in [0.25, 0.3) is 0 Å². The van der Waals surface area contributed by atoms with Crippen LogP contribution in [-0.4, -0.2) is 23.9 Å². The van der Waals surface area contributed by atoms with E-state index < -0.39 is 0 Å². The number of carbonyl (C=O) groups excluding carboxylic acids is 1. The van der Waals surface area contributed by atoms with Crippen molar-refractivity contribution in [3.63, 3.8) is 0 Å². The summed E-state index contributed by atoms with van der Waals surface area (Å²) < 4.78 is 0. The minimum Gasteiger partial charge on any atom is -0.339 e. The quantitative estimate of drug-likeness (QED) is 0.790. The molecule has 1 saturated carbocycles. The van der Waals surface area contributed by atoms with Crippen LogP contribution in [0.5, 0.6) is 0 Å². The fourth-order valence-electron chi connectivity index (χ4n) is 2.11. The maximum atomic E-state index is 12.3. The van der Waals surface area contributed by atoms with Crippen molar-refractivity contribution in [1.82, 2.24) is 4.90 Å². The van der Waals surface area contributed by atoms with Gasteiger partial charge in [-0.3, -0.25) is 4.79 Å². The highest BCUT2D eigenvalue weighted by atomic mass is 32.1. The Labute approximate surface area is 101 Å². The molecule has 0 saturated heterocycles. The van der Waals surface area contributed by atoms with Crippen LogP contribution in [-0.2, 0) is 0 Å². The lowest BCUT2D eigenvalue weighted by Crippen LogP contribution is -2.36. The Balaban J connectivity index is 2.14. The third-order valence-electron chi connectivity index (χ3n) is 3.51. The van der Waals surface area contributed by atoms with Gasteiger partial charge in [0.25, 0.3) is 5.91 Å². The number of rotatable bonds is 3. The predicted octanol–water partition coefficient (Wildman–Crippen LogP) is 3.24. The zero-order valence-corrected chi connectivity index (χ0v) is 11.2. The van der Waals surface area contributed by atoms with Crippen molar-refractivity contribution in [2.24, 2.45) is 5.92 Å². The molecule has 1 aliphatic rings. The maximum Gasteiger partial charge on any atom is 0.254 e. The smallest absolute Gasteiger partial charge is 0.254 e. The largest absolute Gasteiger partial charge is 0.339 e. The molecular weight excluding hydrogens is 218 g/mol. The third kappa shape index (κ3) is 2.14. The molecule has 1 heterocycles. The topological polar surface area (TPSA) is 20.3 Å². The lowest BCUT2D eigenvalue weighted by Gasteiger charge is -2.24. The number of thiophene rings is 1. The van der Waals surface area contributed by atoms with E-state index in [0.29, 0.717) is 6.04 Å². The van der Waals surface area contributed by atoms with Crippen LogP contribution >= 0.6 is 11.3 Å². The minimum atomic E-state index is 0.182. The molecule has 2 rings (SSSR count). The molecule has 1 amide bonds. The molecule has 88 valence electrons. The molecule has 0 bridgehead atoms. The van der Waals surface area contributed by atoms with E-state index in [-0.39, 0.29) is 5.91 Å². The number of amides is 1. The van der Waals surface area contributed by atoms with Crippen molar-refractivity contribution < 1.29 is 4.79 Å². The van der Waals surface area contributed by atoms with Crippen LogP contribution in [0.4, 0.5) is 0 Å². The monoisotopic (exact) mass is 237 g/mol. The van der Waals surface area contributed by atoms with E-state index in [1.807, 2.05) is 24.9 Å². The van der Waals surface area contributed by atoms with Gasteiger partial charge in [0, 0.05) is 22.8 Å². The van der Waals surface area contributed by atoms with Crippen LogP contribution in [0.2, 0.25) is 0 Å². The average molecular weight is 237 g/mol. The second kappa shape index (κ2) is 4.21. The van der Waals surface area contributed by atoms with Crippen LogP contribution in [0.1, 0.15) is 39.9 Å². The molecule has 0 aliphatic heterocycles. The van der Waals surface area contributed by atoms with Gasteiger partial charge in [-0.2, -0.15) is 0 Å².